The predicted octanol–water partition coefficient (Wildman–Crippen LogP) is 3.21. The fourth-order valence-corrected chi connectivity index (χ4v) is 1.11. The molecular weight excluding hydrogens is 160 g/mol. The zero-order valence-electron chi connectivity index (χ0n) is 7.82. The molecule has 0 spiro atoms. The van der Waals surface area contributed by atoms with E-state index in [1.807, 2.05) is 0 Å². The molecule has 0 saturated carbocycles. The maximum Gasteiger partial charge on any atom is 0.0622 e. The molecule has 0 aliphatic rings. The van der Waals surface area contributed by atoms with Gasteiger partial charge in [-0.05, 0) is 26.7 Å². The van der Waals surface area contributed by atoms with E-state index < -0.39 is 0 Å². The molecule has 0 amide bonds. The number of unbranched alkanes of at least 4 members (excludes halogenated alkanes) is 2. The summed E-state index contributed by atoms with van der Waals surface area (Å²) in [5, 5.41) is 0. The molecule has 68 valence electrons. The number of alkyl halides is 1. The van der Waals surface area contributed by atoms with Gasteiger partial charge in [0.2, 0.25) is 0 Å². The van der Waals surface area contributed by atoms with Crippen molar-refractivity contribution in [1.82, 2.24) is 0 Å². The Morgan fingerprint density at radius 3 is 2.27 bits per heavy atom. The molecule has 0 aliphatic carbocycles. The minimum absolute atomic E-state index is 0.0479. The number of rotatable bonds is 6. The van der Waals surface area contributed by atoms with Crippen molar-refractivity contribution in [2.24, 2.45) is 0 Å². The van der Waals surface area contributed by atoms with Crippen molar-refractivity contribution in [3.8, 4) is 0 Å². The minimum Gasteiger partial charge on any atom is -0.379 e. The highest BCUT2D eigenvalue weighted by atomic mass is 35.5. The van der Waals surface area contributed by atoms with Gasteiger partial charge in [0.1, 0.15) is 0 Å². The Labute approximate surface area is 75.1 Å². The zero-order chi connectivity index (χ0) is 8.74. The lowest BCUT2D eigenvalue weighted by atomic mass is 10.0. The molecule has 0 N–H and O–H groups in total. The van der Waals surface area contributed by atoms with Gasteiger partial charge >= 0.3 is 0 Å². The second-order valence-electron chi connectivity index (χ2n) is 3.46. The summed E-state index contributed by atoms with van der Waals surface area (Å²) in [6.45, 7) is 4.24. The van der Waals surface area contributed by atoms with Crippen LogP contribution in [0.4, 0.5) is 0 Å². The Morgan fingerprint density at radius 1 is 1.18 bits per heavy atom. The molecule has 0 aliphatic heterocycles. The molecule has 0 fully saturated rings. The summed E-state index contributed by atoms with van der Waals surface area (Å²) >= 11 is 5.55. The molecule has 0 atom stereocenters. The van der Waals surface area contributed by atoms with Crippen molar-refractivity contribution in [2.75, 3.05) is 13.0 Å². The normalized spacial score (nSPS) is 12.0. The van der Waals surface area contributed by atoms with E-state index in [9.17, 15) is 0 Å². The molecular formula is C9H19ClO. The van der Waals surface area contributed by atoms with Crippen LogP contribution in [0.3, 0.4) is 0 Å². The van der Waals surface area contributed by atoms with E-state index in [1.165, 1.54) is 12.8 Å². The van der Waals surface area contributed by atoms with Crippen LogP contribution in [0.25, 0.3) is 0 Å². The summed E-state index contributed by atoms with van der Waals surface area (Å²) in [6.07, 6.45) is 4.69. The van der Waals surface area contributed by atoms with Crippen LogP contribution in [0.1, 0.15) is 39.5 Å². The van der Waals surface area contributed by atoms with Crippen LogP contribution in [0.15, 0.2) is 0 Å². The van der Waals surface area contributed by atoms with Crippen molar-refractivity contribution in [3.63, 3.8) is 0 Å². The third kappa shape index (κ3) is 6.64. The van der Waals surface area contributed by atoms with Gasteiger partial charge in [-0.25, -0.2) is 0 Å². The average molecular weight is 179 g/mol. The van der Waals surface area contributed by atoms with Crippen LogP contribution in [0.2, 0.25) is 0 Å². The Hall–Kier alpha value is 0.250. The highest BCUT2D eigenvalue weighted by Gasteiger charge is 2.14. The SMILES string of the molecule is COC(C)(C)CCCCCCl. The summed E-state index contributed by atoms with van der Waals surface area (Å²) in [6, 6.07) is 0. The third-order valence-electron chi connectivity index (χ3n) is 1.97. The summed E-state index contributed by atoms with van der Waals surface area (Å²) in [4.78, 5) is 0. The standard InChI is InChI=1S/C9H19ClO/c1-9(2,11-3)7-5-4-6-8-10/h4-8H2,1-3H3. The van der Waals surface area contributed by atoms with E-state index >= 15 is 0 Å². The number of methoxy groups -OCH3 is 1. The lowest BCUT2D eigenvalue weighted by molar-refractivity contribution is 0.0135. The first kappa shape index (κ1) is 11.2. The first-order chi connectivity index (χ1) is 5.12. The monoisotopic (exact) mass is 178 g/mol. The van der Waals surface area contributed by atoms with E-state index in [1.54, 1.807) is 7.11 Å². The second-order valence-corrected chi connectivity index (χ2v) is 3.84. The molecule has 0 unspecified atom stereocenters. The molecule has 1 nitrogen and oxygen atoms in total. The topological polar surface area (TPSA) is 9.23 Å². The third-order valence-corrected chi connectivity index (χ3v) is 2.23. The summed E-state index contributed by atoms with van der Waals surface area (Å²) in [5.41, 5.74) is 0.0479. The van der Waals surface area contributed by atoms with Crippen LogP contribution in [-0.4, -0.2) is 18.6 Å². The molecule has 0 aromatic carbocycles. The van der Waals surface area contributed by atoms with Gasteiger partial charge in [-0.3, -0.25) is 0 Å². The summed E-state index contributed by atoms with van der Waals surface area (Å²) in [7, 11) is 1.77. The average Bonchev–Trinajstić information content (AvgIpc) is 1.99. The highest BCUT2D eigenvalue weighted by molar-refractivity contribution is 6.17. The van der Waals surface area contributed by atoms with Crippen LogP contribution in [0, 0.1) is 0 Å². The van der Waals surface area contributed by atoms with Crippen LogP contribution < -0.4 is 0 Å². The van der Waals surface area contributed by atoms with Crippen molar-refractivity contribution in [3.05, 3.63) is 0 Å². The molecule has 11 heavy (non-hydrogen) atoms. The molecule has 0 rings (SSSR count). The number of halogens is 1. The van der Waals surface area contributed by atoms with E-state index in [4.69, 9.17) is 16.3 Å². The Kier molecular flexibility index (Phi) is 5.98. The highest BCUT2D eigenvalue weighted by Crippen LogP contribution is 2.17. The fourth-order valence-electron chi connectivity index (χ4n) is 0.924. The number of ether oxygens (including phenoxy) is 1. The largest absolute Gasteiger partial charge is 0.379 e. The number of hydrogen-bond acceptors (Lipinski definition) is 1. The van der Waals surface area contributed by atoms with Crippen molar-refractivity contribution in [2.45, 2.75) is 45.1 Å². The van der Waals surface area contributed by atoms with Gasteiger partial charge in [0, 0.05) is 13.0 Å². The Morgan fingerprint density at radius 2 is 1.82 bits per heavy atom. The van der Waals surface area contributed by atoms with Gasteiger partial charge in [0.05, 0.1) is 5.60 Å². The second kappa shape index (κ2) is 5.84. The summed E-state index contributed by atoms with van der Waals surface area (Å²) in [5.74, 6) is 0.785. The van der Waals surface area contributed by atoms with E-state index in [2.05, 4.69) is 13.8 Å². The van der Waals surface area contributed by atoms with Gasteiger partial charge in [-0.15, -0.1) is 11.6 Å². The molecule has 0 heterocycles. The first-order valence-electron chi connectivity index (χ1n) is 4.23. The fraction of sp³-hybridized carbons (Fsp3) is 1.00. The van der Waals surface area contributed by atoms with Crippen LogP contribution >= 0.6 is 11.6 Å². The van der Waals surface area contributed by atoms with Crippen molar-refractivity contribution >= 4 is 11.6 Å². The maximum atomic E-state index is 5.55. The molecule has 0 aromatic heterocycles. The first-order valence-corrected chi connectivity index (χ1v) is 4.77. The lowest BCUT2D eigenvalue weighted by Crippen LogP contribution is -2.21. The lowest BCUT2D eigenvalue weighted by Gasteiger charge is -2.22. The molecule has 2 heteroatoms. The smallest absolute Gasteiger partial charge is 0.0622 e. The van der Waals surface area contributed by atoms with Gasteiger partial charge in [-0.1, -0.05) is 12.8 Å². The summed E-state index contributed by atoms with van der Waals surface area (Å²) < 4.78 is 5.28. The van der Waals surface area contributed by atoms with Gasteiger partial charge in [0.25, 0.3) is 0 Å². The maximum absolute atomic E-state index is 5.55. The van der Waals surface area contributed by atoms with E-state index in [-0.39, 0.29) is 5.60 Å². The molecule has 0 bridgehead atoms. The van der Waals surface area contributed by atoms with Gasteiger partial charge in [0.15, 0.2) is 0 Å². The molecule has 0 radical (unpaired) electrons. The number of hydrogen-bond donors (Lipinski definition) is 0. The zero-order valence-corrected chi connectivity index (χ0v) is 8.58. The van der Waals surface area contributed by atoms with E-state index in [0.29, 0.717) is 0 Å². The van der Waals surface area contributed by atoms with E-state index in [0.717, 1.165) is 18.7 Å². The van der Waals surface area contributed by atoms with Crippen LogP contribution in [-0.2, 0) is 4.74 Å². The predicted molar refractivity (Wildman–Crippen MR) is 50.3 cm³/mol. The Bertz CT molecular complexity index is 91.6. The van der Waals surface area contributed by atoms with Crippen molar-refractivity contribution < 1.29 is 4.74 Å². The quantitative estimate of drug-likeness (QED) is 0.449. The minimum atomic E-state index is 0.0479. The van der Waals surface area contributed by atoms with Crippen molar-refractivity contribution in [1.29, 1.82) is 0 Å². The van der Waals surface area contributed by atoms with Crippen LogP contribution in [0.5, 0.6) is 0 Å². The molecule has 0 aromatic rings. The Balaban J connectivity index is 3.23. The van der Waals surface area contributed by atoms with Gasteiger partial charge in [-0.2, -0.15) is 0 Å². The van der Waals surface area contributed by atoms with Gasteiger partial charge < -0.3 is 4.74 Å². The molecule has 0 saturated heterocycles.